The number of nitrogens with zero attached hydrogens (tertiary/aromatic N) is 3. The summed E-state index contributed by atoms with van der Waals surface area (Å²) < 4.78 is 2.00. The number of rotatable bonds is 6. The molecule has 1 N–H and O–H groups in total. The monoisotopic (exact) mass is 482 g/mol. The largest absolute Gasteiger partial charge is 0.323 e. The van der Waals surface area contributed by atoms with Crippen molar-refractivity contribution < 1.29 is 4.79 Å². The fourth-order valence-electron chi connectivity index (χ4n) is 3.24. The molecule has 0 radical (unpaired) electrons. The molecule has 8 heteroatoms. The summed E-state index contributed by atoms with van der Waals surface area (Å²) in [4.78, 5) is 12.6. The lowest BCUT2D eigenvalue weighted by atomic mass is 10.1. The van der Waals surface area contributed by atoms with E-state index in [1.54, 1.807) is 18.2 Å². The Morgan fingerprint density at radius 2 is 1.69 bits per heavy atom. The minimum absolute atomic E-state index is 0.124. The van der Waals surface area contributed by atoms with E-state index in [9.17, 15) is 4.79 Å². The molecule has 0 unspecified atom stereocenters. The van der Waals surface area contributed by atoms with Crippen LogP contribution in [0.5, 0.6) is 0 Å². The van der Waals surface area contributed by atoms with Gasteiger partial charge in [0, 0.05) is 5.56 Å². The second-order valence-electron chi connectivity index (χ2n) is 7.23. The molecular weight excluding hydrogens is 463 g/mol. The standard InChI is InChI=1S/C24H20Cl2N4OS/c1-15-11-12-16(2)20(13-15)30-23(17-7-4-3-5-8-17)28-29-24(30)32-14-21(31)27-22-18(25)9-6-10-19(22)26/h3-13H,14H2,1-2H3,(H,27,31). The first-order valence-electron chi connectivity index (χ1n) is 9.89. The second-order valence-corrected chi connectivity index (χ2v) is 8.99. The van der Waals surface area contributed by atoms with Gasteiger partial charge in [0.15, 0.2) is 11.0 Å². The zero-order valence-electron chi connectivity index (χ0n) is 17.5. The maximum absolute atomic E-state index is 12.6. The third-order valence-electron chi connectivity index (χ3n) is 4.83. The molecule has 3 aromatic carbocycles. The number of aryl methyl sites for hydroxylation is 2. The van der Waals surface area contributed by atoms with E-state index >= 15 is 0 Å². The number of benzene rings is 3. The van der Waals surface area contributed by atoms with E-state index in [4.69, 9.17) is 23.2 Å². The van der Waals surface area contributed by atoms with Crippen molar-refractivity contribution in [1.82, 2.24) is 14.8 Å². The van der Waals surface area contributed by atoms with Crippen LogP contribution in [-0.4, -0.2) is 26.4 Å². The smallest absolute Gasteiger partial charge is 0.234 e. The molecule has 0 aliphatic rings. The summed E-state index contributed by atoms with van der Waals surface area (Å²) in [6, 6.07) is 21.2. The molecule has 4 rings (SSSR count). The molecule has 1 heterocycles. The summed E-state index contributed by atoms with van der Waals surface area (Å²) in [7, 11) is 0. The van der Waals surface area contributed by atoms with Gasteiger partial charge in [0.25, 0.3) is 0 Å². The first-order chi connectivity index (χ1) is 15.4. The minimum Gasteiger partial charge on any atom is -0.323 e. The Morgan fingerprint density at radius 3 is 2.41 bits per heavy atom. The van der Waals surface area contributed by atoms with Gasteiger partial charge in [0.05, 0.1) is 27.2 Å². The van der Waals surface area contributed by atoms with E-state index in [0.29, 0.717) is 20.9 Å². The highest BCUT2D eigenvalue weighted by molar-refractivity contribution is 7.99. The van der Waals surface area contributed by atoms with Gasteiger partial charge in [-0.3, -0.25) is 9.36 Å². The molecule has 0 aliphatic heterocycles. The van der Waals surface area contributed by atoms with Crippen molar-refractivity contribution in [1.29, 1.82) is 0 Å². The van der Waals surface area contributed by atoms with Gasteiger partial charge in [-0.1, -0.05) is 83.5 Å². The predicted molar refractivity (Wildman–Crippen MR) is 132 cm³/mol. The molecule has 32 heavy (non-hydrogen) atoms. The molecule has 1 amide bonds. The number of halogens is 2. The zero-order valence-corrected chi connectivity index (χ0v) is 19.8. The number of thioether (sulfide) groups is 1. The molecule has 4 aromatic rings. The van der Waals surface area contributed by atoms with Gasteiger partial charge in [-0.2, -0.15) is 0 Å². The van der Waals surface area contributed by atoms with Gasteiger partial charge in [0.1, 0.15) is 0 Å². The molecule has 162 valence electrons. The minimum atomic E-state index is -0.234. The molecule has 0 fully saturated rings. The van der Waals surface area contributed by atoms with E-state index in [0.717, 1.165) is 28.2 Å². The molecule has 0 bridgehead atoms. The Morgan fingerprint density at radius 1 is 0.969 bits per heavy atom. The Bertz CT molecular complexity index is 1250. The highest BCUT2D eigenvalue weighted by Crippen LogP contribution is 2.32. The number of carbonyl (C=O) groups excluding carboxylic acids is 1. The second kappa shape index (κ2) is 9.77. The highest BCUT2D eigenvalue weighted by atomic mass is 35.5. The predicted octanol–water partition coefficient (Wildman–Crippen LogP) is 6.59. The summed E-state index contributed by atoms with van der Waals surface area (Å²) in [6.45, 7) is 4.09. The van der Waals surface area contributed by atoms with Crippen LogP contribution < -0.4 is 5.32 Å². The lowest BCUT2D eigenvalue weighted by Crippen LogP contribution is -2.15. The average Bonchev–Trinajstić information content (AvgIpc) is 3.21. The number of nitrogens with one attached hydrogen (secondary N) is 1. The molecular formula is C24H20Cl2N4OS. The SMILES string of the molecule is Cc1ccc(C)c(-n2c(SCC(=O)Nc3c(Cl)cccc3Cl)nnc2-c2ccccc2)c1. The molecule has 5 nitrogen and oxygen atoms in total. The number of aromatic nitrogens is 3. The molecule has 0 aliphatic carbocycles. The number of hydrogen-bond acceptors (Lipinski definition) is 4. The van der Waals surface area contributed by atoms with Crippen LogP contribution in [0.15, 0.2) is 71.9 Å². The lowest BCUT2D eigenvalue weighted by molar-refractivity contribution is -0.113. The third-order valence-corrected chi connectivity index (χ3v) is 6.39. The molecule has 0 saturated carbocycles. The number of carbonyl (C=O) groups is 1. The Balaban J connectivity index is 1.65. The Kier molecular flexibility index (Phi) is 6.84. The number of amides is 1. The first kappa shape index (κ1) is 22.4. The molecule has 0 spiro atoms. The van der Waals surface area contributed by atoms with Crippen LogP contribution in [0.3, 0.4) is 0 Å². The van der Waals surface area contributed by atoms with Crippen LogP contribution in [0.25, 0.3) is 17.1 Å². The van der Waals surface area contributed by atoms with Crippen molar-refractivity contribution in [2.45, 2.75) is 19.0 Å². The van der Waals surface area contributed by atoms with E-state index in [-0.39, 0.29) is 11.7 Å². The van der Waals surface area contributed by atoms with E-state index in [1.807, 2.05) is 48.7 Å². The zero-order chi connectivity index (χ0) is 22.7. The van der Waals surface area contributed by atoms with Crippen LogP contribution in [0.2, 0.25) is 10.0 Å². The van der Waals surface area contributed by atoms with Crippen LogP contribution in [0.4, 0.5) is 5.69 Å². The molecule has 0 atom stereocenters. The quantitative estimate of drug-likeness (QED) is 0.315. The highest BCUT2D eigenvalue weighted by Gasteiger charge is 2.19. The van der Waals surface area contributed by atoms with Crippen molar-refractivity contribution in [3.8, 4) is 17.1 Å². The normalized spacial score (nSPS) is 10.9. The van der Waals surface area contributed by atoms with Gasteiger partial charge in [-0.05, 0) is 43.2 Å². The van der Waals surface area contributed by atoms with E-state index < -0.39 is 0 Å². The van der Waals surface area contributed by atoms with E-state index in [1.165, 1.54) is 11.8 Å². The van der Waals surface area contributed by atoms with Crippen LogP contribution >= 0.6 is 35.0 Å². The van der Waals surface area contributed by atoms with Crippen molar-refractivity contribution in [2.24, 2.45) is 0 Å². The van der Waals surface area contributed by atoms with Gasteiger partial charge < -0.3 is 5.32 Å². The molecule has 1 aromatic heterocycles. The number of para-hydroxylation sites is 1. The van der Waals surface area contributed by atoms with Gasteiger partial charge >= 0.3 is 0 Å². The fraction of sp³-hybridized carbons (Fsp3) is 0.125. The maximum Gasteiger partial charge on any atom is 0.234 e. The Hall–Kier alpha value is -2.80. The maximum atomic E-state index is 12.6. The van der Waals surface area contributed by atoms with Crippen molar-refractivity contribution in [3.05, 3.63) is 87.9 Å². The summed E-state index contributed by atoms with van der Waals surface area (Å²) in [5.41, 5.74) is 4.54. The van der Waals surface area contributed by atoms with Crippen LogP contribution in [-0.2, 0) is 4.79 Å². The topological polar surface area (TPSA) is 59.8 Å². The number of hydrogen-bond donors (Lipinski definition) is 1. The van der Waals surface area contributed by atoms with Crippen molar-refractivity contribution >= 4 is 46.6 Å². The van der Waals surface area contributed by atoms with Crippen LogP contribution in [0.1, 0.15) is 11.1 Å². The van der Waals surface area contributed by atoms with Gasteiger partial charge in [-0.15, -0.1) is 10.2 Å². The third kappa shape index (κ3) is 4.83. The summed E-state index contributed by atoms with van der Waals surface area (Å²) in [6.07, 6.45) is 0. The van der Waals surface area contributed by atoms with Gasteiger partial charge in [-0.25, -0.2) is 0 Å². The summed E-state index contributed by atoms with van der Waals surface area (Å²) >= 11 is 13.6. The average molecular weight is 483 g/mol. The van der Waals surface area contributed by atoms with Crippen LogP contribution in [0, 0.1) is 13.8 Å². The first-order valence-corrected chi connectivity index (χ1v) is 11.6. The van der Waals surface area contributed by atoms with Crippen molar-refractivity contribution in [3.63, 3.8) is 0 Å². The lowest BCUT2D eigenvalue weighted by Gasteiger charge is -2.14. The van der Waals surface area contributed by atoms with Gasteiger partial charge in [0.2, 0.25) is 5.91 Å². The Labute approximate surface area is 200 Å². The summed E-state index contributed by atoms with van der Waals surface area (Å²) in [5, 5.41) is 13.0. The fourth-order valence-corrected chi connectivity index (χ4v) is 4.47. The van der Waals surface area contributed by atoms with Crippen molar-refractivity contribution in [2.75, 3.05) is 11.1 Å². The number of anilines is 1. The van der Waals surface area contributed by atoms with E-state index in [2.05, 4.69) is 33.7 Å². The summed E-state index contributed by atoms with van der Waals surface area (Å²) in [5.74, 6) is 0.609. The molecule has 0 saturated heterocycles.